The Morgan fingerprint density at radius 3 is 2.51 bits per heavy atom. The molecule has 0 N–H and O–H groups in total. The van der Waals surface area contributed by atoms with Crippen molar-refractivity contribution in [1.82, 2.24) is 14.5 Å². The second kappa shape index (κ2) is 11.2. The van der Waals surface area contributed by atoms with Crippen molar-refractivity contribution in [2.24, 2.45) is 0 Å². The van der Waals surface area contributed by atoms with Gasteiger partial charge in [-0.05, 0) is 42.3 Å². The molecule has 2 heterocycles. The Labute approximate surface area is 213 Å². The normalized spacial score (nSPS) is 13.9. The van der Waals surface area contributed by atoms with Crippen LogP contribution in [-0.4, -0.2) is 66.0 Å². The summed E-state index contributed by atoms with van der Waals surface area (Å²) in [6, 6.07) is 10.8. The highest BCUT2D eigenvalue weighted by atomic mass is 35.5. The highest BCUT2D eigenvalue weighted by Gasteiger charge is 2.21. The number of methoxy groups -OCH3 is 1. The lowest BCUT2D eigenvalue weighted by Crippen LogP contribution is -2.49. The summed E-state index contributed by atoms with van der Waals surface area (Å²) < 4.78 is 6.28. The third kappa shape index (κ3) is 6.01. The first-order chi connectivity index (χ1) is 16.9. The molecule has 3 aromatic rings. The minimum atomic E-state index is -0.256. The average Bonchev–Trinajstić information content (AvgIpc) is 2.86. The standard InChI is InChI=1S/C25H26Cl2N4O4/c1-35-15-24(33)30-10-8-29(9-11-30)18-4-7-23-20(13-18)25(34)31(16-28-23)14-19(32)5-2-17-3-6-21(26)22(27)12-17/h3-4,6-7,12-13,16H,2,5,8-11,14-15H2,1H3. The highest BCUT2D eigenvalue weighted by Crippen LogP contribution is 2.23. The predicted molar refractivity (Wildman–Crippen MR) is 136 cm³/mol. The summed E-state index contributed by atoms with van der Waals surface area (Å²) in [6.07, 6.45) is 2.20. The second-order valence-corrected chi connectivity index (χ2v) is 9.28. The monoisotopic (exact) mass is 516 g/mol. The Morgan fingerprint density at radius 2 is 1.80 bits per heavy atom. The fourth-order valence-corrected chi connectivity index (χ4v) is 4.45. The zero-order valence-corrected chi connectivity index (χ0v) is 20.9. The minimum Gasteiger partial charge on any atom is -0.375 e. The summed E-state index contributed by atoms with van der Waals surface area (Å²) in [5.41, 5.74) is 2.12. The molecule has 0 radical (unpaired) electrons. The van der Waals surface area contributed by atoms with E-state index in [1.165, 1.54) is 18.0 Å². The molecule has 0 aliphatic carbocycles. The number of carbonyl (C=O) groups is 2. The van der Waals surface area contributed by atoms with Crippen molar-refractivity contribution in [3.05, 3.63) is 68.7 Å². The van der Waals surface area contributed by atoms with Gasteiger partial charge in [-0.15, -0.1) is 0 Å². The van der Waals surface area contributed by atoms with Gasteiger partial charge in [-0.25, -0.2) is 4.98 Å². The van der Waals surface area contributed by atoms with Gasteiger partial charge in [0.15, 0.2) is 5.78 Å². The number of hydrogen-bond acceptors (Lipinski definition) is 6. The van der Waals surface area contributed by atoms with Crippen molar-refractivity contribution in [3.8, 4) is 0 Å². The number of fused-ring (bicyclic) bond motifs is 1. The molecule has 0 saturated carbocycles. The average molecular weight is 517 g/mol. The van der Waals surface area contributed by atoms with Crippen molar-refractivity contribution in [2.45, 2.75) is 19.4 Å². The Morgan fingerprint density at radius 1 is 1.03 bits per heavy atom. The summed E-state index contributed by atoms with van der Waals surface area (Å²) in [5.74, 6) is -0.103. The van der Waals surface area contributed by atoms with E-state index in [9.17, 15) is 14.4 Å². The fraction of sp³-hybridized carbons (Fsp3) is 0.360. The molecule has 0 bridgehead atoms. The van der Waals surface area contributed by atoms with Crippen molar-refractivity contribution < 1.29 is 14.3 Å². The van der Waals surface area contributed by atoms with Crippen LogP contribution in [0.2, 0.25) is 10.0 Å². The van der Waals surface area contributed by atoms with Crippen LogP contribution in [0.1, 0.15) is 12.0 Å². The lowest BCUT2D eigenvalue weighted by molar-refractivity contribution is -0.135. The van der Waals surface area contributed by atoms with E-state index in [0.717, 1.165) is 11.3 Å². The molecule has 1 aliphatic heterocycles. The van der Waals surface area contributed by atoms with E-state index >= 15 is 0 Å². The van der Waals surface area contributed by atoms with E-state index in [1.807, 2.05) is 24.3 Å². The summed E-state index contributed by atoms with van der Waals surface area (Å²) in [7, 11) is 1.51. The van der Waals surface area contributed by atoms with Gasteiger partial charge in [0.1, 0.15) is 6.61 Å². The van der Waals surface area contributed by atoms with Crippen molar-refractivity contribution >= 4 is 51.5 Å². The molecule has 35 heavy (non-hydrogen) atoms. The second-order valence-electron chi connectivity index (χ2n) is 8.47. The number of aryl methyl sites for hydroxylation is 1. The molecule has 1 amide bonds. The first-order valence-electron chi connectivity index (χ1n) is 11.3. The largest absolute Gasteiger partial charge is 0.375 e. The number of aromatic nitrogens is 2. The molecule has 0 unspecified atom stereocenters. The number of Topliss-reactive ketones (excluding diaryl/α,β-unsaturated/α-hetero) is 1. The van der Waals surface area contributed by atoms with E-state index in [1.54, 1.807) is 17.0 Å². The van der Waals surface area contributed by atoms with Gasteiger partial charge in [-0.2, -0.15) is 0 Å². The van der Waals surface area contributed by atoms with E-state index in [4.69, 9.17) is 27.9 Å². The number of anilines is 1. The zero-order chi connectivity index (χ0) is 24.9. The van der Waals surface area contributed by atoms with Crippen LogP contribution < -0.4 is 10.5 Å². The number of piperazine rings is 1. The zero-order valence-electron chi connectivity index (χ0n) is 19.4. The maximum atomic E-state index is 13.1. The number of nitrogens with zero attached hydrogens (tertiary/aromatic N) is 4. The fourth-order valence-electron chi connectivity index (χ4n) is 4.13. The lowest BCUT2D eigenvalue weighted by Gasteiger charge is -2.36. The van der Waals surface area contributed by atoms with Crippen LogP contribution in [0.25, 0.3) is 10.9 Å². The number of ether oxygens (including phenoxy) is 1. The van der Waals surface area contributed by atoms with Crippen LogP contribution in [0, 0.1) is 0 Å². The molecule has 4 rings (SSSR count). The van der Waals surface area contributed by atoms with Gasteiger partial charge in [0.2, 0.25) is 5.91 Å². The van der Waals surface area contributed by atoms with Gasteiger partial charge < -0.3 is 14.5 Å². The molecule has 184 valence electrons. The molecule has 8 nitrogen and oxygen atoms in total. The molecule has 1 fully saturated rings. The molecule has 1 aromatic heterocycles. The van der Waals surface area contributed by atoms with Crippen LogP contribution in [0.15, 0.2) is 47.5 Å². The lowest BCUT2D eigenvalue weighted by atomic mass is 10.1. The number of ketones is 1. The first-order valence-corrected chi connectivity index (χ1v) is 12.1. The molecule has 1 aliphatic rings. The van der Waals surface area contributed by atoms with E-state index in [2.05, 4.69) is 9.88 Å². The van der Waals surface area contributed by atoms with Crippen LogP contribution in [0.3, 0.4) is 0 Å². The minimum absolute atomic E-state index is 0.0263. The SMILES string of the molecule is COCC(=O)N1CCN(c2ccc3ncn(CC(=O)CCc4ccc(Cl)c(Cl)c4)c(=O)c3c2)CC1. The molecule has 0 atom stereocenters. The van der Waals surface area contributed by atoms with E-state index in [0.29, 0.717) is 53.5 Å². The van der Waals surface area contributed by atoms with Crippen LogP contribution in [-0.2, 0) is 27.3 Å². The Kier molecular flexibility index (Phi) is 8.05. The Balaban J connectivity index is 1.43. The van der Waals surface area contributed by atoms with Gasteiger partial charge in [0.25, 0.3) is 5.56 Å². The third-order valence-corrected chi connectivity index (χ3v) is 6.84. The van der Waals surface area contributed by atoms with Crippen LogP contribution in [0.5, 0.6) is 0 Å². The van der Waals surface area contributed by atoms with Crippen molar-refractivity contribution in [2.75, 3.05) is 44.8 Å². The van der Waals surface area contributed by atoms with Crippen molar-refractivity contribution in [3.63, 3.8) is 0 Å². The number of carbonyl (C=O) groups excluding carboxylic acids is 2. The molecular weight excluding hydrogens is 491 g/mol. The maximum Gasteiger partial charge on any atom is 0.261 e. The van der Waals surface area contributed by atoms with Gasteiger partial charge in [-0.1, -0.05) is 29.3 Å². The highest BCUT2D eigenvalue weighted by molar-refractivity contribution is 6.42. The topological polar surface area (TPSA) is 84.7 Å². The number of halogens is 2. The van der Waals surface area contributed by atoms with Crippen LogP contribution >= 0.6 is 23.2 Å². The van der Waals surface area contributed by atoms with Gasteiger partial charge in [0.05, 0.1) is 33.8 Å². The Hall–Kier alpha value is -2.94. The molecule has 1 saturated heterocycles. The summed E-state index contributed by atoms with van der Waals surface area (Å²) in [4.78, 5) is 46.0. The predicted octanol–water partition coefficient (Wildman–Crippen LogP) is 3.20. The van der Waals surface area contributed by atoms with Crippen molar-refractivity contribution in [1.29, 1.82) is 0 Å². The Bertz CT molecular complexity index is 1300. The quantitative estimate of drug-likeness (QED) is 0.457. The van der Waals surface area contributed by atoms with E-state index < -0.39 is 0 Å². The van der Waals surface area contributed by atoms with Gasteiger partial charge in [-0.3, -0.25) is 19.0 Å². The van der Waals surface area contributed by atoms with Gasteiger partial charge in [0, 0.05) is 45.4 Å². The smallest absolute Gasteiger partial charge is 0.261 e. The maximum absolute atomic E-state index is 13.1. The molecule has 0 spiro atoms. The third-order valence-electron chi connectivity index (χ3n) is 6.10. The number of rotatable bonds is 8. The molecular formula is C25H26Cl2N4O4. The number of amides is 1. The number of hydrogen-bond donors (Lipinski definition) is 0. The van der Waals surface area contributed by atoms with E-state index in [-0.39, 0.29) is 36.8 Å². The summed E-state index contributed by atoms with van der Waals surface area (Å²) >= 11 is 12.0. The van der Waals surface area contributed by atoms with Crippen LogP contribution in [0.4, 0.5) is 5.69 Å². The molecule has 10 heteroatoms. The molecule has 2 aromatic carbocycles. The van der Waals surface area contributed by atoms with Gasteiger partial charge >= 0.3 is 0 Å². The first kappa shape index (κ1) is 25.2. The summed E-state index contributed by atoms with van der Waals surface area (Å²) in [6.45, 7) is 2.52. The summed E-state index contributed by atoms with van der Waals surface area (Å²) in [5, 5.41) is 1.38. The number of benzene rings is 2.